The van der Waals surface area contributed by atoms with E-state index in [4.69, 9.17) is 0 Å². The number of hydrogen-bond donors (Lipinski definition) is 3. The number of amides is 4. The molecule has 3 N–H and O–H groups in total. The van der Waals surface area contributed by atoms with E-state index in [1.165, 1.54) is 4.90 Å². The van der Waals surface area contributed by atoms with Gasteiger partial charge in [-0.3, -0.25) is 14.5 Å². The first-order valence-corrected chi connectivity index (χ1v) is 8.15. The van der Waals surface area contributed by atoms with Crippen LogP contribution in [0.2, 0.25) is 0 Å². The van der Waals surface area contributed by atoms with E-state index >= 15 is 0 Å². The molecule has 2 aromatic rings. The highest BCUT2D eigenvalue weighted by Crippen LogP contribution is 2.30. The highest BCUT2D eigenvalue weighted by Gasteiger charge is 2.30. The highest BCUT2D eigenvalue weighted by atomic mass is 19.4. The summed E-state index contributed by atoms with van der Waals surface area (Å²) in [6.45, 7) is -0.622. The normalized spacial score (nSPS) is 13.4. The minimum Gasteiger partial charge on any atom is -0.329 e. The van der Waals surface area contributed by atoms with Gasteiger partial charge in [0, 0.05) is 5.69 Å². The minimum absolute atomic E-state index is 0.162. The summed E-state index contributed by atoms with van der Waals surface area (Å²) in [5.74, 6) is -0.995. The van der Waals surface area contributed by atoms with Crippen LogP contribution < -0.4 is 20.9 Å². The molecule has 0 bridgehead atoms. The average Bonchev–Trinajstić information content (AvgIpc) is 2.65. The zero-order valence-corrected chi connectivity index (χ0v) is 14.3. The van der Waals surface area contributed by atoms with Gasteiger partial charge in [0.2, 0.25) is 11.8 Å². The summed E-state index contributed by atoms with van der Waals surface area (Å²) >= 11 is 0. The Kier molecular flexibility index (Phi) is 5.21. The van der Waals surface area contributed by atoms with E-state index in [0.717, 1.165) is 24.3 Å². The Morgan fingerprint density at radius 2 is 1.75 bits per heavy atom. The van der Waals surface area contributed by atoms with Gasteiger partial charge in [-0.15, -0.1) is 0 Å². The molecule has 4 amide bonds. The second-order valence-corrected chi connectivity index (χ2v) is 5.93. The van der Waals surface area contributed by atoms with Crippen LogP contribution in [-0.4, -0.2) is 30.9 Å². The van der Waals surface area contributed by atoms with Crippen molar-refractivity contribution in [1.82, 2.24) is 5.32 Å². The van der Waals surface area contributed by atoms with Crippen LogP contribution in [0.3, 0.4) is 0 Å². The monoisotopic (exact) mass is 392 g/mol. The predicted octanol–water partition coefficient (Wildman–Crippen LogP) is 2.81. The zero-order valence-electron chi connectivity index (χ0n) is 14.3. The molecule has 7 nitrogen and oxygen atoms in total. The molecule has 10 heteroatoms. The molecule has 1 aliphatic heterocycles. The van der Waals surface area contributed by atoms with Gasteiger partial charge < -0.3 is 16.0 Å². The highest BCUT2D eigenvalue weighted by molar-refractivity contribution is 6.10. The number of carbonyl (C=O) groups excluding carboxylic acids is 3. The first kappa shape index (κ1) is 19.2. The summed E-state index contributed by atoms with van der Waals surface area (Å²) in [5, 5.41) is 7.41. The number of rotatable bonds is 3. The van der Waals surface area contributed by atoms with Crippen molar-refractivity contribution in [2.75, 3.05) is 28.6 Å². The van der Waals surface area contributed by atoms with Gasteiger partial charge in [-0.05, 0) is 36.4 Å². The summed E-state index contributed by atoms with van der Waals surface area (Å²) in [6, 6.07) is 9.98. The van der Waals surface area contributed by atoms with Crippen LogP contribution in [0.15, 0.2) is 48.5 Å². The van der Waals surface area contributed by atoms with E-state index < -0.39 is 30.2 Å². The maximum Gasteiger partial charge on any atom is 0.416 e. The lowest BCUT2D eigenvalue weighted by Crippen LogP contribution is -2.48. The number of carbonyl (C=O) groups is 3. The molecule has 2 aromatic carbocycles. The molecule has 28 heavy (non-hydrogen) atoms. The fourth-order valence-corrected chi connectivity index (χ4v) is 2.61. The van der Waals surface area contributed by atoms with Crippen LogP contribution in [0.25, 0.3) is 0 Å². The number of fused-ring (bicyclic) bond motifs is 1. The van der Waals surface area contributed by atoms with Gasteiger partial charge in [-0.2, -0.15) is 13.2 Å². The first-order valence-electron chi connectivity index (χ1n) is 8.15. The lowest BCUT2D eigenvalue weighted by molar-refractivity contribution is -0.137. The Morgan fingerprint density at radius 1 is 1.07 bits per heavy atom. The van der Waals surface area contributed by atoms with Crippen molar-refractivity contribution in [3.8, 4) is 0 Å². The summed E-state index contributed by atoms with van der Waals surface area (Å²) in [5.41, 5.74) is 0.293. The Bertz CT molecular complexity index is 913. The molecule has 0 unspecified atom stereocenters. The van der Waals surface area contributed by atoms with E-state index in [0.29, 0.717) is 11.4 Å². The summed E-state index contributed by atoms with van der Waals surface area (Å²) in [7, 11) is 0. The van der Waals surface area contributed by atoms with Gasteiger partial charge in [0.25, 0.3) is 0 Å². The van der Waals surface area contributed by atoms with Crippen LogP contribution in [0, 0.1) is 0 Å². The predicted molar refractivity (Wildman–Crippen MR) is 95.9 cm³/mol. The molecule has 0 atom stereocenters. The van der Waals surface area contributed by atoms with Crippen molar-refractivity contribution < 1.29 is 27.6 Å². The van der Waals surface area contributed by atoms with Gasteiger partial charge >= 0.3 is 12.2 Å². The number of alkyl halides is 3. The molecule has 0 spiro atoms. The van der Waals surface area contributed by atoms with E-state index in [1.54, 1.807) is 24.3 Å². The van der Waals surface area contributed by atoms with Crippen LogP contribution in [0.4, 0.5) is 35.0 Å². The largest absolute Gasteiger partial charge is 0.416 e. The summed E-state index contributed by atoms with van der Waals surface area (Å²) < 4.78 is 37.6. The van der Waals surface area contributed by atoms with Crippen molar-refractivity contribution >= 4 is 34.9 Å². The van der Waals surface area contributed by atoms with Gasteiger partial charge in [-0.25, -0.2) is 4.79 Å². The van der Waals surface area contributed by atoms with Crippen LogP contribution in [-0.2, 0) is 15.8 Å². The standard InChI is InChI=1S/C18H15F3N4O3/c19-18(20,21)11-5-7-12(8-6-11)23-15(26)9-22-17(28)25-10-16(27)24-13-3-1-2-4-14(13)25/h1-8H,9-10H2,(H,22,28)(H,23,26)(H,24,27). The topological polar surface area (TPSA) is 90.5 Å². The molecule has 146 valence electrons. The number of nitrogens with one attached hydrogen (secondary N) is 3. The Hall–Kier alpha value is -3.56. The molecule has 1 aliphatic rings. The average molecular weight is 392 g/mol. The Balaban J connectivity index is 1.58. The van der Waals surface area contributed by atoms with Crippen molar-refractivity contribution in [1.29, 1.82) is 0 Å². The fraction of sp³-hybridized carbons (Fsp3) is 0.167. The third kappa shape index (κ3) is 4.40. The second kappa shape index (κ2) is 7.59. The quantitative estimate of drug-likeness (QED) is 0.750. The maximum atomic E-state index is 12.5. The van der Waals surface area contributed by atoms with Gasteiger partial charge in [0.1, 0.15) is 6.54 Å². The van der Waals surface area contributed by atoms with Gasteiger partial charge in [0.15, 0.2) is 0 Å². The fourth-order valence-electron chi connectivity index (χ4n) is 2.61. The zero-order chi connectivity index (χ0) is 20.3. The van der Waals surface area contributed by atoms with Crippen LogP contribution in [0.5, 0.6) is 0 Å². The van der Waals surface area contributed by atoms with Gasteiger partial charge in [0.05, 0.1) is 23.5 Å². The number of urea groups is 1. The van der Waals surface area contributed by atoms with E-state index in [1.807, 2.05) is 0 Å². The number of anilines is 3. The third-order valence-corrected chi connectivity index (χ3v) is 3.91. The molecular formula is C18H15F3N4O3. The molecule has 0 fully saturated rings. The van der Waals surface area contributed by atoms with Crippen molar-refractivity contribution in [2.24, 2.45) is 0 Å². The molecule has 0 aromatic heterocycles. The maximum absolute atomic E-state index is 12.5. The van der Waals surface area contributed by atoms with E-state index in [9.17, 15) is 27.6 Å². The van der Waals surface area contributed by atoms with Crippen molar-refractivity contribution in [2.45, 2.75) is 6.18 Å². The summed E-state index contributed by atoms with van der Waals surface area (Å²) in [4.78, 5) is 37.2. The lowest BCUT2D eigenvalue weighted by atomic mass is 10.2. The minimum atomic E-state index is -4.46. The van der Waals surface area contributed by atoms with Crippen LogP contribution >= 0.6 is 0 Å². The van der Waals surface area contributed by atoms with Gasteiger partial charge in [-0.1, -0.05) is 12.1 Å². The molecule has 3 rings (SSSR count). The molecule has 0 radical (unpaired) electrons. The Labute approximate surface area is 157 Å². The molecular weight excluding hydrogens is 377 g/mol. The molecule has 0 saturated carbocycles. The van der Waals surface area contributed by atoms with Crippen molar-refractivity contribution in [3.63, 3.8) is 0 Å². The third-order valence-electron chi connectivity index (χ3n) is 3.91. The van der Waals surface area contributed by atoms with E-state index in [-0.39, 0.29) is 18.1 Å². The van der Waals surface area contributed by atoms with Crippen molar-refractivity contribution in [3.05, 3.63) is 54.1 Å². The number of hydrogen-bond acceptors (Lipinski definition) is 3. The number of nitrogens with zero attached hydrogens (tertiary/aromatic N) is 1. The Morgan fingerprint density at radius 3 is 2.43 bits per heavy atom. The molecule has 1 heterocycles. The molecule has 0 aliphatic carbocycles. The number of halogens is 3. The molecule has 0 saturated heterocycles. The number of para-hydroxylation sites is 2. The SMILES string of the molecule is O=C(CNC(=O)N1CC(=O)Nc2ccccc21)Nc1ccc(C(F)(F)F)cc1. The lowest BCUT2D eigenvalue weighted by Gasteiger charge is -2.29. The first-order chi connectivity index (χ1) is 13.2. The second-order valence-electron chi connectivity index (χ2n) is 5.93. The van der Waals surface area contributed by atoms with Crippen LogP contribution in [0.1, 0.15) is 5.56 Å². The smallest absolute Gasteiger partial charge is 0.329 e. The van der Waals surface area contributed by atoms with E-state index in [2.05, 4.69) is 16.0 Å². The number of benzene rings is 2. The summed E-state index contributed by atoms with van der Waals surface area (Å²) in [6.07, 6.45) is -4.46.